The van der Waals surface area contributed by atoms with Gasteiger partial charge in [-0.1, -0.05) is 68.4 Å². The fraction of sp³-hybridized carbons (Fsp3) is 0.381. The molecular weight excluding hydrogens is 332 g/mol. The summed E-state index contributed by atoms with van der Waals surface area (Å²) in [7, 11) is 0. The van der Waals surface area contributed by atoms with Gasteiger partial charge in [0.2, 0.25) is 5.91 Å². The average Bonchev–Trinajstić information content (AvgIpc) is 2.65. The van der Waals surface area contributed by atoms with Gasteiger partial charge in [-0.3, -0.25) is 4.79 Å². The third-order valence-electron chi connectivity index (χ3n) is 4.53. The third kappa shape index (κ3) is 6.18. The Hall–Kier alpha value is -1.84. The second kappa shape index (κ2) is 10.9. The Morgan fingerprint density at radius 3 is 2.08 bits per heavy atom. The van der Waals surface area contributed by atoms with Gasteiger partial charge in [0.1, 0.15) is 0 Å². The van der Waals surface area contributed by atoms with Crippen molar-refractivity contribution in [3.63, 3.8) is 0 Å². The van der Waals surface area contributed by atoms with E-state index in [4.69, 9.17) is 0 Å². The minimum Gasteiger partial charge on any atom is -0.354 e. The van der Waals surface area contributed by atoms with Crippen molar-refractivity contribution in [2.45, 2.75) is 26.7 Å². The van der Waals surface area contributed by atoms with Crippen LogP contribution >= 0.6 is 12.4 Å². The molecule has 0 bridgehead atoms. The summed E-state index contributed by atoms with van der Waals surface area (Å²) >= 11 is 0. The zero-order valence-corrected chi connectivity index (χ0v) is 16.2. The number of carbonyl (C=O) groups excluding carboxylic acids is 1. The van der Waals surface area contributed by atoms with Crippen molar-refractivity contribution in [2.24, 2.45) is 0 Å². The van der Waals surface area contributed by atoms with Gasteiger partial charge in [-0.05, 0) is 36.7 Å². The van der Waals surface area contributed by atoms with Crippen LogP contribution in [-0.4, -0.2) is 37.0 Å². The number of nitrogens with one attached hydrogen (secondary N) is 1. The van der Waals surface area contributed by atoms with Crippen LogP contribution in [0.25, 0.3) is 11.1 Å². The maximum absolute atomic E-state index is 12.3. The molecule has 0 saturated carbocycles. The molecule has 0 spiro atoms. The minimum atomic E-state index is -0.133. The lowest BCUT2D eigenvalue weighted by Gasteiger charge is -2.19. The van der Waals surface area contributed by atoms with E-state index in [2.05, 4.69) is 60.5 Å². The summed E-state index contributed by atoms with van der Waals surface area (Å²) in [5, 5.41) is 3.05. The van der Waals surface area contributed by atoms with E-state index >= 15 is 0 Å². The van der Waals surface area contributed by atoms with Gasteiger partial charge in [0, 0.05) is 13.1 Å². The molecule has 3 nitrogen and oxygen atoms in total. The highest BCUT2D eigenvalue weighted by Gasteiger charge is 2.15. The number of amides is 1. The van der Waals surface area contributed by atoms with Crippen molar-refractivity contribution >= 4 is 18.3 Å². The number of carbonyl (C=O) groups is 1. The Morgan fingerprint density at radius 2 is 1.52 bits per heavy atom. The number of halogens is 1. The predicted molar refractivity (Wildman–Crippen MR) is 108 cm³/mol. The molecule has 0 radical (unpaired) electrons. The number of nitrogens with zero attached hydrogens (tertiary/aromatic N) is 1. The third-order valence-corrected chi connectivity index (χ3v) is 4.53. The molecule has 0 heterocycles. The van der Waals surface area contributed by atoms with E-state index in [1.807, 2.05) is 25.1 Å². The molecule has 0 fully saturated rings. The molecule has 1 unspecified atom stereocenters. The largest absolute Gasteiger partial charge is 0.354 e. The molecule has 2 rings (SSSR count). The van der Waals surface area contributed by atoms with Crippen molar-refractivity contribution in [1.82, 2.24) is 10.2 Å². The van der Waals surface area contributed by atoms with E-state index in [9.17, 15) is 4.79 Å². The molecule has 0 aliphatic heterocycles. The summed E-state index contributed by atoms with van der Waals surface area (Å²) in [4.78, 5) is 14.6. The first kappa shape index (κ1) is 21.2. The van der Waals surface area contributed by atoms with Gasteiger partial charge in [-0.2, -0.15) is 0 Å². The van der Waals surface area contributed by atoms with E-state index in [0.717, 1.165) is 25.2 Å². The molecule has 0 saturated heterocycles. The fourth-order valence-electron chi connectivity index (χ4n) is 2.78. The first-order chi connectivity index (χ1) is 11.7. The maximum Gasteiger partial charge on any atom is 0.227 e. The molecule has 1 atom stereocenters. The summed E-state index contributed by atoms with van der Waals surface area (Å²) in [6, 6.07) is 18.6. The Bertz CT molecular complexity index is 624. The molecule has 25 heavy (non-hydrogen) atoms. The molecule has 0 aromatic heterocycles. The second-order valence-electron chi connectivity index (χ2n) is 6.03. The topological polar surface area (TPSA) is 32.3 Å². The second-order valence-corrected chi connectivity index (χ2v) is 6.03. The van der Waals surface area contributed by atoms with Crippen LogP contribution in [0.3, 0.4) is 0 Å². The molecule has 2 aromatic carbocycles. The fourth-order valence-corrected chi connectivity index (χ4v) is 2.78. The van der Waals surface area contributed by atoms with Crippen LogP contribution in [0.2, 0.25) is 0 Å². The SMILES string of the molecule is CCN(CC)CCNC(=O)C(C)c1ccc(-c2ccccc2)cc1.Cl. The quantitative estimate of drug-likeness (QED) is 0.759. The Labute approximate surface area is 157 Å². The van der Waals surface area contributed by atoms with Crippen molar-refractivity contribution in [1.29, 1.82) is 0 Å². The molecular formula is C21H29ClN2O. The van der Waals surface area contributed by atoms with Crippen molar-refractivity contribution in [2.75, 3.05) is 26.2 Å². The van der Waals surface area contributed by atoms with Gasteiger partial charge < -0.3 is 10.2 Å². The Balaban J connectivity index is 0.00000312. The summed E-state index contributed by atoms with van der Waals surface area (Å²) in [6.07, 6.45) is 0. The molecule has 136 valence electrons. The van der Waals surface area contributed by atoms with Crippen LogP contribution < -0.4 is 5.32 Å². The summed E-state index contributed by atoms with van der Waals surface area (Å²) in [5.41, 5.74) is 3.42. The lowest BCUT2D eigenvalue weighted by Crippen LogP contribution is -2.36. The van der Waals surface area contributed by atoms with Crippen LogP contribution in [0.15, 0.2) is 54.6 Å². The molecule has 1 N–H and O–H groups in total. The zero-order valence-electron chi connectivity index (χ0n) is 15.4. The molecule has 0 aliphatic carbocycles. The highest BCUT2D eigenvalue weighted by Crippen LogP contribution is 2.22. The Morgan fingerprint density at radius 1 is 0.960 bits per heavy atom. The predicted octanol–water partition coefficient (Wildman–Crippen LogP) is 4.34. The van der Waals surface area contributed by atoms with Crippen LogP contribution in [0, 0.1) is 0 Å². The van der Waals surface area contributed by atoms with Crippen molar-refractivity contribution in [3.8, 4) is 11.1 Å². The van der Waals surface area contributed by atoms with Crippen LogP contribution in [0.5, 0.6) is 0 Å². The lowest BCUT2D eigenvalue weighted by molar-refractivity contribution is -0.122. The van der Waals surface area contributed by atoms with Crippen LogP contribution in [0.1, 0.15) is 32.3 Å². The molecule has 0 aliphatic rings. The van der Waals surface area contributed by atoms with Crippen molar-refractivity contribution < 1.29 is 4.79 Å². The lowest BCUT2D eigenvalue weighted by atomic mass is 9.97. The summed E-state index contributed by atoms with van der Waals surface area (Å²) < 4.78 is 0. The maximum atomic E-state index is 12.3. The zero-order chi connectivity index (χ0) is 17.4. The molecule has 2 aromatic rings. The first-order valence-electron chi connectivity index (χ1n) is 8.81. The van der Waals surface area contributed by atoms with Crippen LogP contribution in [-0.2, 0) is 4.79 Å². The molecule has 4 heteroatoms. The van der Waals surface area contributed by atoms with E-state index in [1.165, 1.54) is 11.1 Å². The van der Waals surface area contributed by atoms with Gasteiger partial charge >= 0.3 is 0 Å². The standard InChI is InChI=1S/C21H28N2O.ClH/c1-4-23(5-2)16-15-22-21(24)17(3)18-11-13-20(14-12-18)19-9-7-6-8-10-19;/h6-14,17H,4-5,15-16H2,1-3H3,(H,22,24);1H. The summed E-state index contributed by atoms with van der Waals surface area (Å²) in [6.45, 7) is 9.88. The number of hydrogen-bond acceptors (Lipinski definition) is 2. The van der Waals surface area contributed by atoms with Crippen LogP contribution in [0.4, 0.5) is 0 Å². The van der Waals surface area contributed by atoms with Gasteiger partial charge in [0.15, 0.2) is 0 Å². The van der Waals surface area contributed by atoms with Crippen molar-refractivity contribution in [3.05, 3.63) is 60.2 Å². The van der Waals surface area contributed by atoms with E-state index in [0.29, 0.717) is 6.54 Å². The normalized spacial score (nSPS) is 11.7. The average molecular weight is 361 g/mol. The van der Waals surface area contributed by atoms with Gasteiger partial charge in [0.25, 0.3) is 0 Å². The minimum absolute atomic E-state index is 0. The number of likely N-dealkylation sites (N-methyl/N-ethyl adjacent to an activating group) is 1. The number of hydrogen-bond donors (Lipinski definition) is 1. The smallest absolute Gasteiger partial charge is 0.227 e. The first-order valence-corrected chi connectivity index (χ1v) is 8.81. The number of benzene rings is 2. The van der Waals surface area contributed by atoms with E-state index in [1.54, 1.807) is 0 Å². The monoisotopic (exact) mass is 360 g/mol. The highest BCUT2D eigenvalue weighted by molar-refractivity contribution is 5.85. The van der Waals surface area contributed by atoms with Gasteiger partial charge in [-0.15, -0.1) is 12.4 Å². The van der Waals surface area contributed by atoms with Gasteiger partial charge in [0.05, 0.1) is 5.92 Å². The molecule has 1 amide bonds. The van der Waals surface area contributed by atoms with Gasteiger partial charge in [-0.25, -0.2) is 0 Å². The Kier molecular flexibility index (Phi) is 9.25. The number of rotatable bonds is 8. The highest BCUT2D eigenvalue weighted by atomic mass is 35.5. The van der Waals surface area contributed by atoms with E-state index < -0.39 is 0 Å². The summed E-state index contributed by atoms with van der Waals surface area (Å²) in [5.74, 6) is -0.0406. The van der Waals surface area contributed by atoms with E-state index in [-0.39, 0.29) is 24.2 Å².